The van der Waals surface area contributed by atoms with Crippen molar-refractivity contribution < 1.29 is 14.3 Å². The maximum atomic E-state index is 12.6. The fourth-order valence-corrected chi connectivity index (χ4v) is 3.13. The second-order valence-corrected chi connectivity index (χ2v) is 6.83. The van der Waals surface area contributed by atoms with E-state index < -0.39 is 6.04 Å². The summed E-state index contributed by atoms with van der Waals surface area (Å²) in [5, 5.41) is 5.76. The monoisotopic (exact) mass is 332 g/mol. The molecule has 0 saturated carbocycles. The van der Waals surface area contributed by atoms with Gasteiger partial charge < -0.3 is 15.4 Å². The highest BCUT2D eigenvalue weighted by Gasteiger charge is 2.25. The summed E-state index contributed by atoms with van der Waals surface area (Å²) in [7, 11) is 1.46. The normalized spacial score (nSPS) is 15.7. The molecular weight excluding hydrogens is 304 g/mol. The summed E-state index contributed by atoms with van der Waals surface area (Å²) in [4.78, 5) is 24.3. The van der Waals surface area contributed by atoms with Crippen LogP contribution in [0.4, 0.5) is 0 Å². The lowest BCUT2D eigenvalue weighted by Crippen LogP contribution is -2.51. The number of ether oxygens (including phenoxy) is 1. The maximum Gasteiger partial charge on any atom is 0.246 e. The lowest BCUT2D eigenvalue weighted by Gasteiger charge is -2.24. The Kier molecular flexibility index (Phi) is 6.37. The largest absolute Gasteiger partial charge is 0.375 e. The predicted octanol–water partition coefficient (Wildman–Crippen LogP) is 2.14. The van der Waals surface area contributed by atoms with Gasteiger partial charge in [0, 0.05) is 7.11 Å². The lowest BCUT2D eigenvalue weighted by atomic mass is 10.00. The van der Waals surface area contributed by atoms with E-state index in [1.165, 1.54) is 24.7 Å². The molecule has 0 bridgehead atoms. The molecule has 2 N–H and O–H groups in total. The van der Waals surface area contributed by atoms with Gasteiger partial charge in [0.05, 0.1) is 6.04 Å². The van der Waals surface area contributed by atoms with Crippen molar-refractivity contribution in [3.8, 4) is 0 Å². The summed E-state index contributed by atoms with van der Waals surface area (Å²) >= 11 is 0. The lowest BCUT2D eigenvalue weighted by molar-refractivity contribution is -0.132. The summed E-state index contributed by atoms with van der Waals surface area (Å²) in [5.74, 6) is -0.447. The van der Waals surface area contributed by atoms with E-state index in [0.717, 1.165) is 18.4 Å². The van der Waals surface area contributed by atoms with Crippen molar-refractivity contribution in [1.82, 2.24) is 10.6 Å². The van der Waals surface area contributed by atoms with Gasteiger partial charge >= 0.3 is 0 Å². The number of amides is 2. The molecule has 0 aliphatic heterocycles. The number of carbonyl (C=O) groups is 2. The van der Waals surface area contributed by atoms with Crippen molar-refractivity contribution in [2.24, 2.45) is 5.92 Å². The Morgan fingerprint density at radius 3 is 2.50 bits per heavy atom. The van der Waals surface area contributed by atoms with E-state index >= 15 is 0 Å². The molecule has 1 aliphatic carbocycles. The summed E-state index contributed by atoms with van der Waals surface area (Å²) in [6, 6.07) is 5.79. The van der Waals surface area contributed by atoms with Gasteiger partial charge in [0.1, 0.15) is 12.6 Å². The Labute approximate surface area is 144 Å². The molecule has 0 saturated heterocycles. The molecule has 24 heavy (non-hydrogen) atoms. The van der Waals surface area contributed by atoms with E-state index in [9.17, 15) is 9.59 Å². The molecule has 5 heteroatoms. The number of rotatable bonds is 7. The molecule has 1 aromatic rings. The molecule has 2 rings (SSSR count). The average Bonchev–Trinajstić information content (AvgIpc) is 2.99. The van der Waals surface area contributed by atoms with E-state index in [1.54, 1.807) is 0 Å². The van der Waals surface area contributed by atoms with Crippen LogP contribution in [0, 0.1) is 5.92 Å². The average molecular weight is 332 g/mol. The van der Waals surface area contributed by atoms with Crippen LogP contribution in [0.25, 0.3) is 0 Å². The fourth-order valence-electron chi connectivity index (χ4n) is 3.13. The summed E-state index contributed by atoms with van der Waals surface area (Å²) in [6.45, 7) is 5.76. The van der Waals surface area contributed by atoms with Crippen molar-refractivity contribution in [3.05, 3.63) is 34.9 Å². The summed E-state index contributed by atoms with van der Waals surface area (Å²) in [6.07, 6.45) is 3.48. The molecule has 0 heterocycles. The Morgan fingerprint density at radius 2 is 1.83 bits per heavy atom. The Morgan fingerprint density at radius 1 is 1.12 bits per heavy atom. The number of hydrogen-bond donors (Lipinski definition) is 2. The first-order valence-corrected chi connectivity index (χ1v) is 8.62. The highest BCUT2D eigenvalue weighted by molar-refractivity contribution is 5.88. The second kappa shape index (κ2) is 8.29. The molecule has 0 fully saturated rings. The molecule has 1 aliphatic rings. The SMILES string of the molecule is COCC(=O)N[C@H](C(=O)N[C@H](C)c1ccc2c(c1)CCC2)C(C)C. The first-order valence-electron chi connectivity index (χ1n) is 8.62. The van der Waals surface area contributed by atoms with Crippen molar-refractivity contribution in [3.63, 3.8) is 0 Å². The zero-order valence-electron chi connectivity index (χ0n) is 15.0. The predicted molar refractivity (Wildman–Crippen MR) is 93.7 cm³/mol. The van der Waals surface area contributed by atoms with Crippen molar-refractivity contribution in [2.45, 2.75) is 52.1 Å². The smallest absolute Gasteiger partial charge is 0.246 e. The van der Waals surface area contributed by atoms with Crippen LogP contribution >= 0.6 is 0 Å². The van der Waals surface area contributed by atoms with Gasteiger partial charge in [0.2, 0.25) is 11.8 Å². The minimum Gasteiger partial charge on any atom is -0.375 e. The third-order valence-corrected chi connectivity index (χ3v) is 4.52. The van der Waals surface area contributed by atoms with Crippen LogP contribution in [0.2, 0.25) is 0 Å². The molecule has 2 atom stereocenters. The Hall–Kier alpha value is -1.88. The van der Waals surface area contributed by atoms with E-state index in [0.29, 0.717) is 0 Å². The Balaban J connectivity index is 2.01. The zero-order chi connectivity index (χ0) is 17.7. The van der Waals surface area contributed by atoms with Crippen molar-refractivity contribution in [1.29, 1.82) is 0 Å². The highest BCUT2D eigenvalue weighted by Crippen LogP contribution is 2.25. The van der Waals surface area contributed by atoms with Gasteiger partial charge in [-0.15, -0.1) is 0 Å². The van der Waals surface area contributed by atoms with Gasteiger partial charge in [-0.25, -0.2) is 0 Å². The molecule has 2 amide bonds. The van der Waals surface area contributed by atoms with Crippen LogP contribution in [0.5, 0.6) is 0 Å². The van der Waals surface area contributed by atoms with Crippen LogP contribution < -0.4 is 10.6 Å². The van der Waals surface area contributed by atoms with Gasteiger partial charge in [-0.2, -0.15) is 0 Å². The summed E-state index contributed by atoms with van der Waals surface area (Å²) < 4.78 is 4.81. The van der Waals surface area contributed by atoms with Crippen molar-refractivity contribution in [2.75, 3.05) is 13.7 Å². The highest BCUT2D eigenvalue weighted by atomic mass is 16.5. The molecule has 0 aromatic heterocycles. The van der Waals surface area contributed by atoms with Gasteiger partial charge in [0.15, 0.2) is 0 Å². The number of nitrogens with one attached hydrogen (secondary N) is 2. The minimum atomic E-state index is -0.565. The van der Waals surface area contributed by atoms with Gasteiger partial charge in [0.25, 0.3) is 0 Å². The molecular formula is C19H28N2O3. The Bertz CT molecular complexity index is 598. The molecule has 5 nitrogen and oxygen atoms in total. The zero-order valence-corrected chi connectivity index (χ0v) is 15.0. The quantitative estimate of drug-likeness (QED) is 0.804. The first kappa shape index (κ1) is 18.5. The number of carbonyl (C=O) groups excluding carboxylic acids is 2. The molecule has 0 radical (unpaired) electrons. The van der Waals surface area contributed by atoms with Gasteiger partial charge in [-0.3, -0.25) is 9.59 Å². The number of fused-ring (bicyclic) bond motifs is 1. The molecule has 132 valence electrons. The van der Waals surface area contributed by atoms with Crippen LogP contribution in [0.3, 0.4) is 0 Å². The molecule has 1 aromatic carbocycles. The topological polar surface area (TPSA) is 67.4 Å². The van der Waals surface area contributed by atoms with E-state index in [2.05, 4.69) is 28.8 Å². The van der Waals surface area contributed by atoms with Crippen molar-refractivity contribution >= 4 is 11.8 Å². The second-order valence-electron chi connectivity index (χ2n) is 6.83. The number of hydrogen-bond acceptors (Lipinski definition) is 3. The third kappa shape index (κ3) is 4.57. The standard InChI is InChI=1S/C19H28N2O3/c1-12(2)18(21-17(22)11-24-4)19(23)20-13(3)15-9-8-14-6-5-7-16(14)10-15/h8-10,12-13,18H,5-7,11H2,1-4H3,(H,20,23)(H,21,22)/t13-,18+/m1/s1. The van der Waals surface area contributed by atoms with Crippen LogP contribution in [-0.2, 0) is 27.2 Å². The number of methoxy groups -OCH3 is 1. The summed E-state index contributed by atoms with van der Waals surface area (Å²) in [5.41, 5.74) is 3.92. The van der Waals surface area contributed by atoms with Gasteiger partial charge in [-0.05, 0) is 48.8 Å². The molecule has 0 unspecified atom stereocenters. The maximum absolute atomic E-state index is 12.6. The van der Waals surface area contributed by atoms with E-state index in [-0.39, 0.29) is 30.4 Å². The third-order valence-electron chi connectivity index (χ3n) is 4.52. The molecule has 0 spiro atoms. The number of aryl methyl sites for hydroxylation is 2. The fraction of sp³-hybridized carbons (Fsp3) is 0.579. The van der Waals surface area contributed by atoms with E-state index in [1.807, 2.05) is 20.8 Å². The van der Waals surface area contributed by atoms with Gasteiger partial charge in [-0.1, -0.05) is 32.0 Å². The van der Waals surface area contributed by atoms with Crippen LogP contribution in [0.1, 0.15) is 49.9 Å². The number of benzene rings is 1. The van der Waals surface area contributed by atoms with Crippen LogP contribution in [0.15, 0.2) is 18.2 Å². The first-order chi connectivity index (χ1) is 11.4. The van der Waals surface area contributed by atoms with E-state index in [4.69, 9.17) is 4.74 Å². The minimum absolute atomic E-state index is 0.00183. The van der Waals surface area contributed by atoms with Crippen LogP contribution in [-0.4, -0.2) is 31.6 Å².